The number of fused-ring (bicyclic) bond motifs is 1. The highest BCUT2D eigenvalue weighted by molar-refractivity contribution is 7.91. The summed E-state index contributed by atoms with van der Waals surface area (Å²) >= 11 is 0. The van der Waals surface area contributed by atoms with Gasteiger partial charge in [0.1, 0.15) is 28.1 Å². The Bertz CT molecular complexity index is 1360. The van der Waals surface area contributed by atoms with Crippen molar-refractivity contribution in [2.75, 3.05) is 37.8 Å². The van der Waals surface area contributed by atoms with Crippen LogP contribution >= 0.6 is 0 Å². The highest BCUT2D eigenvalue weighted by Gasteiger charge is 2.56. The van der Waals surface area contributed by atoms with Crippen LogP contribution in [0.4, 0.5) is 30.7 Å². The van der Waals surface area contributed by atoms with Crippen molar-refractivity contribution in [3.05, 3.63) is 65.0 Å². The zero-order valence-corrected chi connectivity index (χ0v) is 26.1. The van der Waals surface area contributed by atoms with Gasteiger partial charge in [0.2, 0.25) is 0 Å². The molecule has 0 fully saturated rings. The standard InChI is InChI=1S/C33H42F7NO3S/c34-18-21-41(20-7-23-45(43,44)22-6-17-32(36,37)33(38,39)40)19-4-2-1-3-9-31-29(25-11-13-27(35)14-12-25)10-5-8-26-24-28(42)15-16-30(26)31/h11-16,24,42H,1-10,17-23H2. The fourth-order valence-electron chi connectivity index (χ4n) is 5.82. The molecule has 0 saturated carbocycles. The zero-order chi connectivity index (χ0) is 33.1. The van der Waals surface area contributed by atoms with E-state index in [0.717, 1.165) is 68.1 Å². The minimum atomic E-state index is -5.71. The summed E-state index contributed by atoms with van der Waals surface area (Å²) in [6, 6.07) is 12.0. The average Bonchev–Trinajstić information content (AvgIpc) is 3.13. The molecule has 1 aliphatic rings. The smallest absolute Gasteiger partial charge is 0.453 e. The summed E-state index contributed by atoms with van der Waals surface area (Å²) in [6.07, 6.45) is -1.18. The molecule has 3 rings (SSSR count). The molecule has 0 amide bonds. The van der Waals surface area contributed by atoms with Crippen LogP contribution in [-0.4, -0.2) is 68.3 Å². The average molecular weight is 666 g/mol. The minimum Gasteiger partial charge on any atom is -0.508 e. The highest BCUT2D eigenvalue weighted by atomic mass is 32.2. The van der Waals surface area contributed by atoms with E-state index in [2.05, 4.69) is 0 Å². The van der Waals surface area contributed by atoms with Gasteiger partial charge in [-0.15, -0.1) is 0 Å². The van der Waals surface area contributed by atoms with Crippen LogP contribution < -0.4 is 0 Å². The molecule has 0 aromatic heterocycles. The van der Waals surface area contributed by atoms with E-state index in [9.17, 15) is 44.3 Å². The van der Waals surface area contributed by atoms with Crippen molar-refractivity contribution in [2.24, 2.45) is 0 Å². The van der Waals surface area contributed by atoms with Crippen LogP contribution in [0.5, 0.6) is 5.75 Å². The largest absolute Gasteiger partial charge is 0.508 e. The number of alkyl halides is 6. The summed E-state index contributed by atoms with van der Waals surface area (Å²) in [7, 11) is -3.81. The monoisotopic (exact) mass is 665 g/mol. The summed E-state index contributed by atoms with van der Waals surface area (Å²) in [5, 5.41) is 10.0. The first-order valence-corrected chi connectivity index (χ1v) is 17.3. The molecule has 1 N–H and O–H groups in total. The lowest BCUT2D eigenvalue weighted by Crippen LogP contribution is -2.36. The van der Waals surface area contributed by atoms with E-state index in [-0.39, 0.29) is 36.8 Å². The number of rotatable bonds is 18. The van der Waals surface area contributed by atoms with Crippen LogP contribution in [0.2, 0.25) is 0 Å². The Hall–Kier alpha value is -2.60. The third kappa shape index (κ3) is 11.6. The summed E-state index contributed by atoms with van der Waals surface area (Å²) in [5.41, 5.74) is 5.54. The van der Waals surface area contributed by atoms with Gasteiger partial charge in [0.25, 0.3) is 0 Å². The summed E-state index contributed by atoms with van der Waals surface area (Å²) in [4.78, 5) is 1.80. The normalized spacial score (nSPS) is 14.6. The molecular weight excluding hydrogens is 623 g/mol. The summed E-state index contributed by atoms with van der Waals surface area (Å²) < 4.78 is 114. The first-order chi connectivity index (χ1) is 21.2. The van der Waals surface area contributed by atoms with E-state index in [4.69, 9.17) is 0 Å². The number of allylic oxidation sites excluding steroid dienone is 2. The Balaban J connectivity index is 1.48. The maximum atomic E-state index is 13.6. The van der Waals surface area contributed by atoms with Gasteiger partial charge in [-0.25, -0.2) is 17.2 Å². The van der Waals surface area contributed by atoms with Crippen molar-refractivity contribution in [3.63, 3.8) is 0 Å². The Morgan fingerprint density at radius 1 is 0.800 bits per heavy atom. The number of benzene rings is 2. The van der Waals surface area contributed by atoms with Crippen LogP contribution in [0.25, 0.3) is 11.1 Å². The van der Waals surface area contributed by atoms with Crippen LogP contribution in [0.15, 0.2) is 42.5 Å². The number of halogens is 7. The number of nitrogens with zero attached hydrogens (tertiary/aromatic N) is 1. The van der Waals surface area contributed by atoms with Crippen molar-refractivity contribution < 1.29 is 44.3 Å². The summed E-state index contributed by atoms with van der Waals surface area (Å²) in [6.45, 7) is 0.330. The van der Waals surface area contributed by atoms with Gasteiger partial charge < -0.3 is 10.0 Å². The van der Waals surface area contributed by atoms with Crippen molar-refractivity contribution in [2.45, 2.75) is 82.7 Å². The van der Waals surface area contributed by atoms with Gasteiger partial charge in [-0.05, 0) is 117 Å². The number of sulfone groups is 1. The Kier molecular flexibility index (Phi) is 13.8. The molecular formula is C33H42F7NO3S. The van der Waals surface area contributed by atoms with Gasteiger partial charge in [0, 0.05) is 13.0 Å². The minimum absolute atomic E-state index is 0.120. The molecule has 252 valence electrons. The van der Waals surface area contributed by atoms with Crippen molar-refractivity contribution in [1.29, 1.82) is 0 Å². The number of unbranched alkanes of at least 4 members (excludes halogenated alkanes) is 3. The summed E-state index contributed by atoms with van der Waals surface area (Å²) in [5.74, 6) is -6.12. The number of aryl methyl sites for hydroxylation is 1. The first-order valence-electron chi connectivity index (χ1n) is 15.5. The molecule has 1 aliphatic carbocycles. The third-order valence-corrected chi connectivity index (χ3v) is 10.0. The van der Waals surface area contributed by atoms with Gasteiger partial charge >= 0.3 is 12.1 Å². The van der Waals surface area contributed by atoms with E-state index >= 15 is 0 Å². The van der Waals surface area contributed by atoms with Gasteiger partial charge in [-0.3, -0.25) is 0 Å². The number of hydrogen-bond donors (Lipinski definition) is 1. The van der Waals surface area contributed by atoms with Gasteiger partial charge in [0.15, 0.2) is 0 Å². The number of phenols is 1. The molecule has 0 radical (unpaired) electrons. The fraction of sp³-hybridized carbons (Fsp3) is 0.576. The molecule has 0 bridgehead atoms. The maximum absolute atomic E-state index is 13.6. The molecule has 0 heterocycles. The van der Waals surface area contributed by atoms with E-state index in [1.54, 1.807) is 29.2 Å². The Morgan fingerprint density at radius 3 is 2.16 bits per heavy atom. The van der Waals surface area contributed by atoms with E-state index in [1.165, 1.54) is 23.3 Å². The zero-order valence-electron chi connectivity index (χ0n) is 25.3. The third-order valence-electron chi connectivity index (χ3n) is 8.19. The molecule has 2 aromatic rings. The van der Waals surface area contributed by atoms with Gasteiger partial charge in [-0.1, -0.05) is 31.0 Å². The van der Waals surface area contributed by atoms with Crippen molar-refractivity contribution in [1.82, 2.24) is 4.90 Å². The van der Waals surface area contributed by atoms with E-state index < -0.39 is 47.2 Å². The number of phenolic OH excluding ortho intramolecular Hbond substituents is 1. The van der Waals surface area contributed by atoms with E-state index in [0.29, 0.717) is 6.54 Å². The topological polar surface area (TPSA) is 57.6 Å². The second-order valence-electron chi connectivity index (χ2n) is 11.7. The SMILES string of the molecule is O=S(=O)(CCCN(CCF)CCCCCCC1=C(c2ccc(F)cc2)CCCc2cc(O)ccc21)CCCC(F)(F)C(F)(F)F. The molecule has 0 saturated heterocycles. The predicted octanol–water partition coefficient (Wildman–Crippen LogP) is 8.78. The number of hydrogen-bond acceptors (Lipinski definition) is 4. The molecule has 2 aromatic carbocycles. The number of aromatic hydroxyl groups is 1. The Morgan fingerprint density at radius 2 is 1.47 bits per heavy atom. The quantitative estimate of drug-likeness (QED) is 0.128. The lowest BCUT2D eigenvalue weighted by molar-refractivity contribution is -0.284. The molecule has 45 heavy (non-hydrogen) atoms. The van der Waals surface area contributed by atoms with Crippen LogP contribution in [0, 0.1) is 5.82 Å². The second kappa shape index (κ2) is 16.8. The van der Waals surface area contributed by atoms with E-state index in [1.807, 2.05) is 6.07 Å². The van der Waals surface area contributed by atoms with Gasteiger partial charge in [-0.2, -0.15) is 22.0 Å². The lowest BCUT2D eigenvalue weighted by Gasteiger charge is -2.21. The van der Waals surface area contributed by atoms with Crippen molar-refractivity contribution >= 4 is 21.0 Å². The van der Waals surface area contributed by atoms with Gasteiger partial charge in [0.05, 0.1) is 11.5 Å². The molecule has 0 atom stereocenters. The molecule has 0 aliphatic heterocycles. The Labute approximate surface area is 261 Å². The lowest BCUT2D eigenvalue weighted by atomic mass is 9.89. The van der Waals surface area contributed by atoms with Crippen LogP contribution in [0.3, 0.4) is 0 Å². The molecule has 4 nitrogen and oxygen atoms in total. The fourth-order valence-corrected chi connectivity index (χ4v) is 7.17. The maximum Gasteiger partial charge on any atom is 0.453 e. The highest BCUT2D eigenvalue weighted by Crippen LogP contribution is 2.40. The molecule has 0 unspecified atom stereocenters. The predicted molar refractivity (Wildman–Crippen MR) is 163 cm³/mol. The first kappa shape index (κ1) is 36.9. The van der Waals surface area contributed by atoms with Crippen molar-refractivity contribution in [3.8, 4) is 5.75 Å². The van der Waals surface area contributed by atoms with Crippen LogP contribution in [-0.2, 0) is 16.3 Å². The second-order valence-corrected chi connectivity index (χ2v) is 14.0. The van der Waals surface area contributed by atoms with Crippen LogP contribution in [0.1, 0.15) is 80.9 Å². The molecule has 0 spiro atoms. The molecule has 12 heteroatoms.